The molecule has 0 radical (unpaired) electrons. The Hall–Kier alpha value is -2.26. The third-order valence-corrected chi connectivity index (χ3v) is 4.39. The lowest BCUT2D eigenvalue weighted by molar-refractivity contribution is -0.138. The van der Waals surface area contributed by atoms with Crippen LogP contribution in [0.4, 0.5) is 0 Å². The Labute approximate surface area is 153 Å². The van der Waals surface area contributed by atoms with E-state index < -0.39 is 17.1 Å². The molecule has 1 aliphatic rings. The summed E-state index contributed by atoms with van der Waals surface area (Å²) in [5.41, 5.74) is 0.631. The van der Waals surface area contributed by atoms with E-state index in [1.54, 1.807) is 12.1 Å². The average molecular weight is 386 g/mol. The predicted molar refractivity (Wildman–Crippen MR) is 96.0 cm³/mol. The number of hydrogen-bond donors (Lipinski definition) is 2. The molecule has 8 nitrogen and oxygen atoms in total. The van der Waals surface area contributed by atoms with Crippen LogP contribution >= 0.6 is 23.4 Å². The monoisotopic (exact) mass is 385 g/mol. The first-order chi connectivity index (χ1) is 11.9. The highest BCUT2D eigenvalue weighted by Gasteiger charge is 2.32. The Bertz CT molecular complexity index is 738. The summed E-state index contributed by atoms with van der Waals surface area (Å²) in [6.07, 6.45) is 1.17. The number of nitrogens with one attached hydrogen (secondary N) is 1. The minimum Gasteiger partial charge on any atom is -0.493 e. The molecule has 0 saturated carbocycles. The summed E-state index contributed by atoms with van der Waals surface area (Å²) in [6.45, 7) is 2.29. The number of ether oxygens (including phenoxy) is 2. The number of carbonyl (C=O) groups is 2. The summed E-state index contributed by atoms with van der Waals surface area (Å²) in [7, 11) is 1.50. The standard InChI is InChI=1S/C15H16ClN3O5S/c1-3-24-13-9(16)4-8(5-10(13)23-2)7-17-19-15-18-14(22)11(25-15)6-12(20)21/h4-5,7,11H,3,6H2,1-2H3,(H,20,21)(H,18,19,22)/b17-7-/t11-/m0/s1. The first-order valence-electron chi connectivity index (χ1n) is 7.25. The van der Waals surface area contributed by atoms with Gasteiger partial charge in [0, 0.05) is 5.56 Å². The molecule has 10 heteroatoms. The fourth-order valence-corrected chi connectivity index (χ4v) is 3.18. The average Bonchev–Trinajstić information content (AvgIpc) is 2.88. The van der Waals surface area contributed by atoms with Crippen LogP contribution in [0.15, 0.2) is 22.3 Å². The van der Waals surface area contributed by atoms with E-state index in [9.17, 15) is 9.59 Å². The number of amides is 1. The van der Waals surface area contributed by atoms with Gasteiger partial charge in [0.2, 0.25) is 5.91 Å². The second-order valence-electron chi connectivity index (χ2n) is 4.81. The van der Waals surface area contributed by atoms with E-state index in [4.69, 9.17) is 26.2 Å². The predicted octanol–water partition coefficient (Wildman–Crippen LogP) is 2.14. The molecule has 2 N–H and O–H groups in total. The normalized spacial score (nSPS) is 18.6. The summed E-state index contributed by atoms with van der Waals surface area (Å²) in [6, 6.07) is 3.33. The maximum atomic E-state index is 11.6. The molecule has 1 atom stereocenters. The van der Waals surface area contributed by atoms with Crippen LogP contribution < -0.4 is 14.8 Å². The molecule has 25 heavy (non-hydrogen) atoms. The molecule has 0 aliphatic carbocycles. The number of thioether (sulfide) groups is 1. The van der Waals surface area contributed by atoms with Gasteiger partial charge in [-0.25, -0.2) is 0 Å². The highest BCUT2D eigenvalue weighted by Crippen LogP contribution is 2.36. The Morgan fingerprint density at radius 3 is 2.92 bits per heavy atom. The van der Waals surface area contributed by atoms with Crippen LogP contribution in [-0.4, -0.2) is 47.3 Å². The Morgan fingerprint density at radius 2 is 2.28 bits per heavy atom. The van der Waals surface area contributed by atoms with E-state index in [1.807, 2.05) is 6.92 Å². The van der Waals surface area contributed by atoms with Crippen molar-refractivity contribution in [3.63, 3.8) is 0 Å². The van der Waals surface area contributed by atoms with Crippen LogP contribution in [0.2, 0.25) is 5.02 Å². The third kappa shape index (κ3) is 5.10. The second kappa shape index (κ2) is 8.72. The lowest BCUT2D eigenvalue weighted by Gasteiger charge is -2.11. The molecule has 1 amide bonds. The number of aliphatic carboxylic acids is 1. The highest BCUT2D eigenvalue weighted by molar-refractivity contribution is 8.15. The van der Waals surface area contributed by atoms with Gasteiger partial charge < -0.3 is 19.9 Å². The molecule has 1 aromatic rings. The maximum Gasteiger partial charge on any atom is 0.305 e. The molecule has 0 aromatic heterocycles. The quantitative estimate of drug-likeness (QED) is 0.549. The van der Waals surface area contributed by atoms with E-state index in [0.29, 0.717) is 28.7 Å². The zero-order valence-corrected chi connectivity index (χ0v) is 15.1. The van der Waals surface area contributed by atoms with E-state index in [1.165, 1.54) is 13.3 Å². The summed E-state index contributed by atoms with van der Waals surface area (Å²) in [5.74, 6) is -0.528. The minimum absolute atomic E-state index is 0.247. The van der Waals surface area contributed by atoms with Crippen LogP contribution in [0.3, 0.4) is 0 Å². The van der Waals surface area contributed by atoms with Gasteiger partial charge in [0.15, 0.2) is 16.7 Å². The fourth-order valence-electron chi connectivity index (χ4n) is 1.99. The highest BCUT2D eigenvalue weighted by atomic mass is 35.5. The van der Waals surface area contributed by atoms with Crippen molar-refractivity contribution in [2.75, 3.05) is 13.7 Å². The number of carboxylic acids is 1. The van der Waals surface area contributed by atoms with Crippen LogP contribution in [0.25, 0.3) is 0 Å². The molecule has 2 rings (SSSR count). The van der Waals surface area contributed by atoms with Crippen molar-refractivity contribution in [1.82, 2.24) is 5.32 Å². The molecule has 0 bridgehead atoms. The third-order valence-electron chi connectivity index (χ3n) is 3.03. The number of carbonyl (C=O) groups excluding carboxylic acids is 1. The van der Waals surface area contributed by atoms with Crippen LogP contribution in [0.5, 0.6) is 11.5 Å². The zero-order valence-electron chi connectivity index (χ0n) is 13.5. The topological polar surface area (TPSA) is 110 Å². The summed E-state index contributed by atoms with van der Waals surface area (Å²) < 4.78 is 10.7. The van der Waals surface area contributed by atoms with Gasteiger partial charge in [0.1, 0.15) is 5.25 Å². The number of rotatable bonds is 7. The van der Waals surface area contributed by atoms with Crippen LogP contribution in [0, 0.1) is 0 Å². The Morgan fingerprint density at radius 1 is 1.52 bits per heavy atom. The molecule has 1 saturated heterocycles. The van der Waals surface area contributed by atoms with Crippen molar-refractivity contribution in [2.45, 2.75) is 18.6 Å². The number of hydrogen-bond acceptors (Lipinski definition) is 7. The molecular weight excluding hydrogens is 370 g/mol. The molecule has 0 spiro atoms. The largest absolute Gasteiger partial charge is 0.493 e. The summed E-state index contributed by atoms with van der Waals surface area (Å²) in [4.78, 5) is 22.3. The van der Waals surface area contributed by atoms with Gasteiger partial charge in [-0.15, -0.1) is 5.10 Å². The molecule has 134 valence electrons. The van der Waals surface area contributed by atoms with Crippen molar-refractivity contribution in [1.29, 1.82) is 0 Å². The number of carboxylic acid groups (broad SMARTS) is 1. The molecule has 1 fully saturated rings. The van der Waals surface area contributed by atoms with E-state index in [-0.39, 0.29) is 11.6 Å². The van der Waals surface area contributed by atoms with Crippen molar-refractivity contribution in [2.24, 2.45) is 10.2 Å². The van der Waals surface area contributed by atoms with Gasteiger partial charge in [-0.1, -0.05) is 23.4 Å². The lowest BCUT2D eigenvalue weighted by atomic mass is 10.2. The number of nitrogens with zero attached hydrogens (tertiary/aromatic N) is 2. The van der Waals surface area contributed by atoms with Gasteiger partial charge in [0.05, 0.1) is 31.4 Å². The number of halogens is 1. The molecule has 1 heterocycles. The van der Waals surface area contributed by atoms with E-state index >= 15 is 0 Å². The Kier molecular flexibility index (Phi) is 6.65. The van der Waals surface area contributed by atoms with Crippen molar-refractivity contribution >= 4 is 46.6 Å². The molecule has 1 aromatic carbocycles. The fraction of sp³-hybridized carbons (Fsp3) is 0.333. The smallest absolute Gasteiger partial charge is 0.305 e. The second-order valence-corrected chi connectivity index (χ2v) is 6.41. The molecule has 1 aliphatic heterocycles. The Balaban J connectivity index is 2.11. The first-order valence-corrected chi connectivity index (χ1v) is 8.51. The summed E-state index contributed by atoms with van der Waals surface area (Å²) >= 11 is 7.19. The van der Waals surface area contributed by atoms with Gasteiger partial charge in [-0.05, 0) is 19.1 Å². The SMILES string of the molecule is CCOc1c(Cl)cc(/C=N\N=C2\NC(=O)[C@H](CC(=O)O)S2)cc1OC. The maximum absolute atomic E-state index is 11.6. The lowest BCUT2D eigenvalue weighted by Crippen LogP contribution is -2.26. The van der Waals surface area contributed by atoms with Gasteiger partial charge in [0.25, 0.3) is 0 Å². The van der Waals surface area contributed by atoms with Crippen molar-refractivity contribution in [3.8, 4) is 11.5 Å². The number of amidine groups is 1. The van der Waals surface area contributed by atoms with Crippen LogP contribution in [-0.2, 0) is 9.59 Å². The first kappa shape index (κ1) is 19.1. The van der Waals surface area contributed by atoms with Gasteiger partial charge >= 0.3 is 5.97 Å². The molecular formula is C15H16ClN3O5S. The molecule has 0 unspecified atom stereocenters. The summed E-state index contributed by atoms with van der Waals surface area (Å²) in [5, 5.41) is 18.9. The number of benzene rings is 1. The minimum atomic E-state index is -1.05. The van der Waals surface area contributed by atoms with Crippen molar-refractivity contribution < 1.29 is 24.2 Å². The van der Waals surface area contributed by atoms with Crippen molar-refractivity contribution in [3.05, 3.63) is 22.7 Å². The number of methoxy groups -OCH3 is 1. The van der Waals surface area contributed by atoms with Gasteiger partial charge in [-0.3, -0.25) is 9.59 Å². The van der Waals surface area contributed by atoms with E-state index in [0.717, 1.165) is 11.8 Å². The van der Waals surface area contributed by atoms with Crippen LogP contribution in [0.1, 0.15) is 18.9 Å². The van der Waals surface area contributed by atoms with E-state index in [2.05, 4.69) is 15.5 Å². The zero-order chi connectivity index (χ0) is 18.4. The van der Waals surface area contributed by atoms with Gasteiger partial charge in [-0.2, -0.15) is 5.10 Å².